The monoisotopic (exact) mass is 402 g/mol. The van der Waals surface area contributed by atoms with Crippen molar-refractivity contribution in [2.75, 3.05) is 23.8 Å². The number of thioether (sulfide) groups is 1. The third-order valence-electron chi connectivity index (χ3n) is 5.04. The first-order chi connectivity index (χ1) is 13.6. The van der Waals surface area contributed by atoms with Gasteiger partial charge in [0, 0.05) is 30.8 Å². The summed E-state index contributed by atoms with van der Waals surface area (Å²) in [6.45, 7) is 1.89. The highest BCUT2D eigenvalue weighted by Crippen LogP contribution is 2.23. The quantitative estimate of drug-likeness (QED) is 0.561. The molecule has 2 fully saturated rings. The van der Waals surface area contributed by atoms with Crippen LogP contribution in [0.3, 0.4) is 0 Å². The molecular weight excluding hydrogens is 380 g/mol. The number of carbonyl (C=O) groups excluding carboxylic acids is 2. The van der Waals surface area contributed by atoms with Crippen LogP contribution in [0.4, 0.5) is 5.69 Å². The number of aromatic nitrogens is 3. The number of aromatic amines is 1. The minimum absolute atomic E-state index is 0.0196. The number of nitrogens with one attached hydrogen (secondary N) is 1. The average molecular weight is 402 g/mol. The molecule has 1 aromatic heterocycles. The Hall–Kier alpha value is -2.39. The molecule has 8 nitrogen and oxygen atoms in total. The maximum atomic E-state index is 12.5. The summed E-state index contributed by atoms with van der Waals surface area (Å²) in [6, 6.07) is 7.10. The third-order valence-corrected chi connectivity index (χ3v) is 6.02. The normalized spacial score (nSPS) is 19.5. The number of hydrogen-bond acceptors (Lipinski definition) is 6. The Labute approximate surface area is 166 Å². The lowest BCUT2D eigenvalue weighted by atomic mass is 10.1. The second-order valence-electron chi connectivity index (χ2n) is 6.96. The fourth-order valence-corrected chi connectivity index (χ4v) is 4.38. The summed E-state index contributed by atoms with van der Waals surface area (Å²) < 4.78 is 7.12. The van der Waals surface area contributed by atoms with E-state index in [0.29, 0.717) is 23.7 Å². The van der Waals surface area contributed by atoms with Crippen LogP contribution in [0.2, 0.25) is 0 Å². The molecule has 0 bridgehead atoms. The van der Waals surface area contributed by atoms with E-state index in [4.69, 9.17) is 4.74 Å². The molecule has 4 rings (SSSR count). The third kappa shape index (κ3) is 4.05. The molecule has 0 spiro atoms. The number of H-pyrrole nitrogens is 1. The molecule has 3 heterocycles. The summed E-state index contributed by atoms with van der Waals surface area (Å²) in [5.41, 5.74) is 1.11. The fraction of sp³-hybridized carbons (Fsp3) is 0.474. The van der Waals surface area contributed by atoms with Crippen molar-refractivity contribution in [3.8, 4) is 0 Å². The molecule has 0 unspecified atom stereocenters. The highest BCUT2D eigenvalue weighted by atomic mass is 32.2. The van der Waals surface area contributed by atoms with E-state index < -0.39 is 0 Å². The van der Waals surface area contributed by atoms with Crippen molar-refractivity contribution in [2.45, 2.75) is 43.5 Å². The number of amides is 1. The van der Waals surface area contributed by atoms with Gasteiger partial charge in [0.1, 0.15) is 0 Å². The van der Waals surface area contributed by atoms with Crippen LogP contribution < -0.4 is 10.6 Å². The van der Waals surface area contributed by atoms with Crippen LogP contribution in [0.5, 0.6) is 0 Å². The lowest BCUT2D eigenvalue weighted by molar-refractivity contribution is -0.117. The van der Waals surface area contributed by atoms with Gasteiger partial charge in [-0.25, -0.2) is 9.89 Å². The Morgan fingerprint density at radius 3 is 2.75 bits per heavy atom. The summed E-state index contributed by atoms with van der Waals surface area (Å²) in [5, 5.41) is 6.98. The van der Waals surface area contributed by atoms with Crippen LogP contribution >= 0.6 is 11.8 Å². The van der Waals surface area contributed by atoms with Gasteiger partial charge in [0.2, 0.25) is 5.91 Å². The average Bonchev–Trinajstić information content (AvgIpc) is 3.44. The van der Waals surface area contributed by atoms with E-state index in [-0.39, 0.29) is 29.2 Å². The number of benzene rings is 1. The number of carbonyl (C=O) groups is 2. The predicted octanol–water partition coefficient (Wildman–Crippen LogP) is 1.85. The molecule has 2 saturated heterocycles. The first-order valence-electron chi connectivity index (χ1n) is 9.45. The van der Waals surface area contributed by atoms with Crippen molar-refractivity contribution in [3.05, 3.63) is 40.3 Å². The number of hydrogen-bond donors (Lipinski definition) is 1. The number of anilines is 1. The zero-order chi connectivity index (χ0) is 19.5. The van der Waals surface area contributed by atoms with Crippen molar-refractivity contribution < 1.29 is 14.3 Å². The van der Waals surface area contributed by atoms with Gasteiger partial charge in [0.05, 0.1) is 18.4 Å². The molecule has 0 saturated carbocycles. The van der Waals surface area contributed by atoms with E-state index in [0.717, 1.165) is 38.1 Å². The van der Waals surface area contributed by atoms with E-state index in [1.54, 1.807) is 17.0 Å². The number of ketones is 1. The first kappa shape index (κ1) is 18.9. The molecule has 1 amide bonds. The van der Waals surface area contributed by atoms with E-state index in [1.165, 1.54) is 16.3 Å². The minimum Gasteiger partial charge on any atom is -0.376 e. The van der Waals surface area contributed by atoms with Crippen molar-refractivity contribution in [1.82, 2.24) is 14.8 Å². The van der Waals surface area contributed by atoms with E-state index in [2.05, 4.69) is 10.2 Å². The molecule has 2 aliphatic heterocycles. The van der Waals surface area contributed by atoms with Gasteiger partial charge in [-0.05, 0) is 43.5 Å². The van der Waals surface area contributed by atoms with Crippen LogP contribution in [0.15, 0.2) is 34.2 Å². The van der Waals surface area contributed by atoms with Crippen molar-refractivity contribution in [3.63, 3.8) is 0 Å². The molecule has 2 aliphatic rings. The van der Waals surface area contributed by atoms with Gasteiger partial charge >= 0.3 is 5.69 Å². The zero-order valence-corrected chi connectivity index (χ0v) is 16.2. The first-order valence-corrected chi connectivity index (χ1v) is 10.4. The standard InChI is InChI=1S/C19H22N4O4S/c24-16(13-5-7-14(8-6-13)22-9-1-4-17(22)25)12-28-19-21-20-18(26)23(19)11-15-3-2-10-27-15/h5-8,15H,1-4,9-12H2,(H,20,26)/t15-/m0/s1. The van der Waals surface area contributed by atoms with Crippen molar-refractivity contribution >= 4 is 29.1 Å². The summed E-state index contributed by atoms with van der Waals surface area (Å²) in [4.78, 5) is 38.1. The molecular formula is C19H22N4O4S. The molecule has 0 radical (unpaired) electrons. The second kappa shape index (κ2) is 8.32. The molecule has 1 aromatic carbocycles. The lowest BCUT2D eigenvalue weighted by Crippen LogP contribution is -2.25. The highest BCUT2D eigenvalue weighted by molar-refractivity contribution is 7.99. The number of ether oxygens (including phenoxy) is 1. The number of nitrogens with zero attached hydrogens (tertiary/aromatic N) is 3. The Balaban J connectivity index is 1.38. The largest absolute Gasteiger partial charge is 0.376 e. The Kier molecular flexibility index (Phi) is 5.63. The topological polar surface area (TPSA) is 97.3 Å². The molecule has 1 atom stereocenters. The number of Topliss-reactive ketones (excluding diaryl/α,β-unsaturated/α-hetero) is 1. The molecule has 0 aliphatic carbocycles. The fourth-order valence-electron chi connectivity index (χ4n) is 3.53. The van der Waals surface area contributed by atoms with E-state index in [9.17, 15) is 14.4 Å². The zero-order valence-electron chi connectivity index (χ0n) is 15.4. The van der Waals surface area contributed by atoms with Gasteiger partial charge in [0.15, 0.2) is 10.9 Å². The summed E-state index contributed by atoms with van der Waals surface area (Å²) in [6.07, 6.45) is 3.39. The van der Waals surface area contributed by atoms with Gasteiger partial charge < -0.3 is 9.64 Å². The summed E-state index contributed by atoms with van der Waals surface area (Å²) in [5.74, 6) is 0.249. The Bertz CT molecular complexity index is 915. The molecule has 28 heavy (non-hydrogen) atoms. The van der Waals surface area contributed by atoms with Gasteiger partial charge in [-0.3, -0.25) is 14.2 Å². The van der Waals surface area contributed by atoms with Crippen LogP contribution in [0.25, 0.3) is 0 Å². The molecule has 1 N–H and O–H groups in total. The molecule has 148 valence electrons. The van der Waals surface area contributed by atoms with Gasteiger partial charge in [-0.2, -0.15) is 0 Å². The SMILES string of the molecule is O=C(CSc1n[nH]c(=O)n1C[C@@H]1CCCO1)c1ccc(N2CCCC2=O)cc1. The smallest absolute Gasteiger partial charge is 0.344 e. The van der Waals surface area contributed by atoms with Gasteiger partial charge in [-0.15, -0.1) is 5.10 Å². The van der Waals surface area contributed by atoms with Crippen molar-refractivity contribution in [1.29, 1.82) is 0 Å². The Morgan fingerprint density at radius 2 is 2.07 bits per heavy atom. The minimum atomic E-state index is -0.287. The van der Waals surface area contributed by atoms with Gasteiger partial charge in [0.25, 0.3) is 0 Å². The molecule has 9 heteroatoms. The van der Waals surface area contributed by atoms with Crippen LogP contribution in [-0.2, 0) is 16.1 Å². The number of rotatable bonds is 7. The summed E-state index contributed by atoms with van der Waals surface area (Å²) in [7, 11) is 0. The van der Waals surface area contributed by atoms with Crippen LogP contribution in [0, 0.1) is 0 Å². The lowest BCUT2D eigenvalue weighted by Gasteiger charge is -2.15. The second-order valence-corrected chi connectivity index (χ2v) is 7.91. The maximum absolute atomic E-state index is 12.5. The van der Waals surface area contributed by atoms with E-state index in [1.807, 2.05) is 12.1 Å². The van der Waals surface area contributed by atoms with Crippen LogP contribution in [-0.4, -0.2) is 51.5 Å². The van der Waals surface area contributed by atoms with Gasteiger partial charge in [-0.1, -0.05) is 11.8 Å². The summed E-state index contributed by atoms with van der Waals surface area (Å²) >= 11 is 1.24. The van der Waals surface area contributed by atoms with Crippen LogP contribution in [0.1, 0.15) is 36.0 Å². The van der Waals surface area contributed by atoms with E-state index >= 15 is 0 Å². The maximum Gasteiger partial charge on any atom is 0.344 e. The highest BCUT2D eigenvalue weighted by Gasteiger charge is 2.22. The Morgan fingerprint density at radius 1 is 1.25 bits per heavy atom. The predicted molar refractivity (Wildman–Crippen MR) is 105 cm³/mol. The van der Waals surface area contributed by atoms with Crippen molar-refractivity contribution in [2.24, 2.45) is 0 Å². The molecule has 2 aromatic rings.